The lowest BCUT2D eigenvalue weighted by Gasteiger charge is -2.10. The number of rotatable bonds is 8. The minimum Gasteiger partial charge on any atom is -0.494 e. The summed E-state index contributed by atoms with van der Waals surface area (Å²) in [4.78, 5) is 0. The van der Waals surface area contributed by atoms with Crippen molar-refractivity contribution in [1.29, 1.82) is 0 Å². The SMILES string of the molecule is Fc1ccc(OCCCSc2nnc(C3CC3)n2-c2ccccc2)cc1. The van der Waals surface area contributed by atoms with E-state index < -0.39 is 0 Å². The van der Waals surface area contributed by atoms with E-state index in [2.05, 4.69) is 26.9 Å². The molecule has 134 valence electrons. The fourth-order valence-corrected chi connectivity index (χ4v) is 3.61. The Hall–Kier alpha value is -2.34. The molecule has 1 aromatic heterocycles. The van der Waals surface area contributed by atoms with Gasteiger partial charge in [0.25, 0.3) is 0 Å². The monoisotopic (exact) mass is 369 g/mol. The highest BCUT2D eigenvalue weighted by atomic mass is 32.2. The predicted molar refractivity (Wildman–Crippen MR) is 101 cm³/mol. The maximum Gasteiger partial charge on any atom is 0.195 e. The largest absolute Gasteiger partial charge is 0.494 e. The molecule has 0 saturated heterocycles. The number of halogens is 1. The third-order valence-electron chi connectivity index (χ3n) is 4.22. The second-order valence-corrected chi connectivity index (χ2v) is 7.35. The summed E-state index contributed by atoms with van der Waals surface area (Å²) in [5.41, 5.74) is 1.12. The van der Waals surface area contributed by atoms with Gasteiger partial charge in [0.15, 0.2) is 5.16 Å². The number of para-hydroxylation sites is 1. The van der Waals surface area contributed by atoms with E-state index in [0.29, 0.717) is 18.3 Å². The zero-order valence-corrected chi connectivity index (χ0v) is 15.2. The Morgan fingerprint density at radius 3 is 2.54 bits per heavy atom. The van der Waals surface area contributed by atoms with Crippen LogP contribution in [-0.4, -0.2) is 27.1 Å². The second kappa shape index (κ2) is 7.91. The van der Waals surface area contributed by atoms with E-state index in [9.17, 15) is 4.39 Å². The molecule has 0 amide bonds. The van der Waals surface area contributed by atoms with Crippen LogP contribution in [0.3, 0.4) is 0 Å². The molecule has 2 aromatic carbocycles. The van der Waals surface area contributed by atoms with E-state index in [4.69, 9.17) is 4.74 Å². The minimum atomic E-state index is -0.250. The maximum absolute atomic E-state index is 12.9. The van der Waals surface area contributed by atoms with Gasteiger partial charge in [0.2, 0.25) is 0 Å². The molecule has 1 heterocycles. The van der Waals surface area contributed by atoms with E-state index in [1.54, 1.807) is 23.9 Å². The van der Waals surface area contributed by atoms with Crippen LogP contribution in [0.1, 0.15) is 31.0 Å². The molecule has 0 bridgehead atoms. The number of benzene rings is 2. The first-order valence-electron chi connectivity index (χ1n) is 8.83. The summed E-state index contributed by atoms with van der Waals surface area (Å²) in [6.07, 6.45) is 3.27. The van der Waals surface area contributed by atoms with E-state index in [0.717, 1.165) is 28.8 Å². The molecule has 1 aliphatic rings. The van der Waals surface area contributed by atoms with Crippen molar-refractivity contribution >= 4 is 11.8 Å². The van der Waals surface area contributed by atoms with Crippen molar-refractivity contribution in [1.82, 2.24) is 14.8 Å². The Bertz CT molecular complexity index is 847. The van der Waals surface area contributed by atoms with Crippen LogP contribution < -0.4 is 4.74 Å². The Labute approximate surface area is 156 Å². The summed E-state index contributed by atoms with van der Waals surface area (Å²) >= 11 is 1.69. The summed E-state index contributed by atoms with van der Waals surface area (Å²) in [6.45, 7) is 0.591. The number of aromatic nitrogens is 3. The van der Waals surface area contributed by atoms with Gasteiger partial charge < -0.3 is 4.74 Å². The van der Waals surface area contributed by atoms with Crippen LogP contribution in [0.25, 0.3) is 5.69 Å². The van der Waals surface area contributed by atoms with Gasteiger partial charge >= 0.3 is 0 Å². The molecule has 1 saturated carbocycles. The molecular weight excluding hydrogens is 349 g/mol. The molecule has 4 nitrogen and oxygen atoms in total. The molecule has 0 aliphatic heterocycles. The number of nitrogens with zero attached hydrogens (tertiary/aromatic N) is 3. The van der Waals surface area contributed by atoms with Crippen molar-refractivity contribution in [2.45, 2.75) is 30.3 Å². The Kier molecular flexibility index (Phi) is 5.20. The van der Waals surface area contributed by atoms with Gasteiger partial charge in [0.1, 0.15) is 17.4 Å². The van der Waals surface area contributed by atoms with Gasteiger partial charge in [-0.2, -0.15) is 0 Å². The van der Waals surface area contributed by atoms with Gasteiger partial charge in [0.05, 0.1) is 6.61 Å². The lowest BCUT2D eigenvalue weighted by Crippen LogP contribution is -2.03. The van der Waals surface area contributed by atoms with Gasteiger partial charge in [-0.3, -0.25) is 4.57 Å². The molecule has 3 aromatic rings. The lowest BCUT2D eigenvalue weighted by atomic mass is 10.3. The predicted octanol–water partition coefficient (Wildman–Crippen LogP) is 4.85. The van der Waals surface area contributed by atoms with Crippen molar-refractivity contribution in [3.63, 3.8) is 0 Å². The first-order valence-corrected chi connectivity index (χ1v) is 9.82. The maximum atomic E-state index is 12.9. The Balaban J connectivity index is 1.35. The standard InChI is InChI=1S/C20H20FN3OS/c21-16-9-11-18(12-10-16)25-13-4-14-26-20-23-22-19(15-7-8-15)24(20)17-5-2-1-3-6-17/h1-3,5-6,9-12,15H,4,7-8,13-14H2. The van der Waals surface area contributed by atoms with Crippen LogP contribution in [0.15, 0.2) is 59.8 Å². The quantitative estimate of drug-likeness (QED) is 0.421. The highest BCUT2D eigenvalue weighted by molar-refractivity contribution is 7.99. The van der Waals surface area contributed by atoms with Gasteiger partial charge in [-0.15, -0.1) is 10.2 Å². The highest BCUT2D eigenvalue weighted by Gasteiger charge is 2.30. The zero-order chi connectivity index (χ0) is 17.8. The average molecular weight is 369 g/mol. The topological polar surface area (TPSA) is 39.9 Å². The molecule has 6 heteroatoms. The van der Waals surface area contributed by atoms with E-state index in [1.807, 2.05) is 18.2 Å². The number of ether oxygens (including phenoxy) is 1. The van der Waals surface area contributed by atoms with Crippen LogP contribution in [-0.2, 0) is 0 Å². The smallest absolute Gasteiger partial charge is 0.195 e. The molecule has 0 N–H and O–H groups in total. The first kappa shape index (κ1) is 17.1. The third kappa shape index (κ3) is 4.07. The Morgan fingerprint density at radius 2 is 1.81 bits per heavy atom. The molecular formula is C20H20FN3OS. The van der Waals surface area contributed by atoms with Crippen molar-refractivity contribution in [3.05, 3.63) is 66.2 Å². The molecule has 0 radical (unpaired) electrons. The Morgan fingerprint density at radius 1 is 1.04 bits per heavy atom. The fraction of sp³-hybridized carbons (Fsp3) is 0.300. The molecule has 0 unspecified atom stereocenters. The van der Waals surface area contributed by atoms with Gasteiger partial charge in [-0.1, -0.05) is 30.0 Å². The van der Waals surface area contributed by atoms with E-state index >= 15 is 0 Å². The summed E-state index contributed by atoms with van der Waals surface area (Å²) in [6, 6.07) is 16.4. The summed E-state index contributed by atoms with van der Waals surface area (Å²) < 4.78 is 20.7. The summed E-state index contributed by atoms with van der Waals surface area (Å²) in [5.74, 6) is 2.94. The second-order valence-electron chi connectivity index (χ2n) is 6.29. The molecule has 26 heavy (non-hydrogen) atoms. The molecule has 1 fully saturated rings. The summed E-state index contributed by atoms with van der Waals surface area (Å²) in [7, 11) is 0. The molecule has 1 aliphatic carbocycles. The first-order chi connectivity index (χ1) is 12.8. The number of hydrogen-bond acceptors (Lipinski definition) is 4. The van der Waals surface area contributed by atoms with Gasteiger partial charge in [-0.05, 0) is 55.7 Å². The van der Waals surface area contributed by atoms with Gasteiger partial charge in [0, 0.05) is 17.4 Å². The fourth-order valence-electron chi connectivity index (χ4n) is 2.74. The van der Waals surface area contributed by atoms with E-state index in [-0.39, 0.29) is 5.82 Å². The highest BCUT2D eigenvalue weighted by Crippen LogP contribution is 2.41. The minimum absolute atomic E-state index is 0.250. The van der Waals surface area contributed by atoms with E-state index in [1.165, 1.54) is 25.0 Å². The van der Waals surface area contributed by atoms with Crippen LogP contribution in [0.2, 0.25) is 0 Å². The van der Waals surface area contributed by atoms with Crippen LogP contribution in [0, 0.1) is 5.82 Å². The van der Waals surface area contributed by atoms with Crippen molar-refractivity contribution in [2.24, 2.45) is 0 Å². The molecule has 0 spiro atoms. The van der Waals surface area contributed by atoms with Crippen LogP contribution in [0.4, 0.5) is 4.39 Å². The normalized spacial score (nSPS) is 13.7. The lowest BCUT2D eigenvalue weighted by molar-refractivity contribution is 0.318. The number of thioether (sulfide) groups is 1. The van der Waals surface area contributed by atoms with Crippen molar-refractivity contribution in [2.75, 3.05) is 12.4 Å². The molecule has 4 rings (SSSR count). The average Bonchev–Trinajstić information content (AvgIpc) is 3.43. The van der Waals surface area contributed by atoms with Crippen LogP contribution in [0.5, 0.6) is 5.75 Å². The zero-order valence-electron chi connectivity index (χ0n) is 14.3. The van der Waals surface area contributed by atoms with Crippen molar-refractivity contribution in [3.8, 4) is 11.4 Å². The van der Waals surface area contributed by atoms with Gasteiger partial charge in [-0.25, -0.2) is 4.39 Å². The molecule has 0 atom stereocenters. The van der Waals surface area contributed by atoms with Crippen molar-refractivity contribution < 1.29 is 9.13 Å². The van der Waals surface area contributed by atoms with Crippen LogP contribution >= 0.6 is 11.8 Å². The summed E-state index contributed by atoms with van der Waals surface area (Å²) in [5, 5.41) is 9.78. The number of hydrogen-bond donors (Lipinski definition) is 0. The third-order valence-corrected chi connectivity index (χ3v) is 5.23.